The van der Waals surface area contributed by atoms with Crippen LogP contribution in [0, 0.1) is 5.92 Å². The Balaban J connectivity index is 1.19. The van der Waals surface area contributed by atoms with E-state index in [4.69, 9.17) is 18.9 Å². The molecule has 0 saturated carbocycles. The van der Waals surface area contributed by atoms with Gasteiger partial charge in [-0.1, -0.05) is 26.3 Å². The summed E-state index contributed by atoms with van der Waals surface area (Å²) in [5.41, 5.74) is 2.49. The van der Waals surface area contributed by atoms with E-state index in [1.54, 1.807) is 40.0 Å². The first-order valence-electron chi connectivity index (χ1n) is 15.7. The molecule has 1 unspecified atom stereocenters. The van der Waals surface area contributed by atoms with Crippen molar-refractivity contribution in [3.8, 4) is 16.9 Å². The number of nitrogens with zero attached hydrogens (tertiary/aromatic N) is 7. The average molecular weight is 679 g/mol. The zero-order valence-electron chi connectivity index (χ0n) is 28.0. The van der Waals surface area contributed by atoms with Crippen LogP contribution >= 0.6 is 0 Å². The predicted molar refractivity (Wildman–Crippen MR) is 170 cm³/mol. The Morgan fingerprint density at radius 3 is 2.51 bits per heavy atom. The lowest BCUT2D eigenvalue weighted by atomic mass is 9.99. The molecular formula is C32H38N8O9. The van der Waals surface area contributed by atoms with Crippen molar-refractivity contribution in [2.75, 3.05) is 18.2 Å². The zero-order chi connectivity index (χ0) is 35.5. The number of ether oxygens (including phenoxy) is 4. The lowest BCUT2D eigenvalue weighted by molar-refractivity contribution is -0.156. The molecule has 3 aromatic rings. The van der Waals surface area contributed by atoms with Crippen LogP contribution < -0.4 is 10.2 Å². The number of rotatable bonds is 10. The second-order valence-corrected chi connectivity index (χ2v) is 12.7. The number of hydrogen-bond donors (Lipinski definition) is 1. The number of hydrogen-bond acceptors (Lipinski definition) is 13. The van der Waals surface area contributed by atoms with Crippen molar-refractivity contribution in [2.45, 2.75) is 78.2 Å². The van der Waals surface area contributed by atoms with E-state index in [1.165, 1.54) is 22.8 Å². The fourth-order valence-corrected chi connectivity index (χ4v) is 5.49. The number of amides is 4. The van der Waals surface area contributed by atoms with Gasteiger partial charge in [0.2, 0.25) is 12.7 Å². The van der Waals surface area contributed by atoms with Gasteiger partial charge in [-0.25, -0.2) is 29.1 Å². The molecule has 2 aliphatic heterocycles. The van der Waals surface area contributed by atoms with Gasteiger partial charge in [-0.2, -0.15) is 4.68 Å². The zero-order valence-corrected chi connectivity index (χ0v) is 28.0. The van der Waals surface area contributed by atoms with Crippen LogP contribution in [0.15, 0.2) is 42.9 Å². The first-order chi connectivity index (χ1) is 23.3. The number of anilines is 1. The molecule has 2 aromatic heterocycles. The Morgan fingerprint density at radius 1 is 1.12 bits per heavy atom. The lowest BCUT2D eigenvalue weighted by Crippen LogP contribution is -2.48. The van der Waals surface area contributed by atoms with Crippen molar-refractivity contribution in [3.05, 3.63) is 48.4 Å². The molecule has 17 heteroatoms. The molecule has 260 valence electrons. The molecule has 2 aliphatic rings. The van der Waals surface area contributed by atoms with Crippen LogP contribution in [0.4, 0.5) is 20.1 Å². The molecule has 1 N–H and O–H groups in total. The minimum absolute atomic E-state index is 0.284. The molecule has 0 aliphatic carbocycles. The van der Waals surface area contributed by atoms with E-state index in [1.807, 2.05) is 31.2 Å². The van der Waals surface area contributed by atoms with Gasteiger partial charge < -0.3 is 24.3 Å². The smallest absolute Gasteiger partial charge is 0.419 e. The van der Waals surface area contributed by atoms with Crippen LogP contribution in [0.3, 0.4) is 0 Å². The average Bonchev–Trinajstić information content (AvgIpc) is 3.78. The van der Waals surface area contributed by atoms with Crippen LogP contribution in [-0.4, -0.2) is 97.4 Å². The lowest BCUT2D eigenvalue weighted by Gasteiger charge is -2.26. The topological polar surface area (TPSA) is 197 Å². The molecule has 1 aromatic carbocycles. The van der Waals surface area contributed by atoms with E-state index in [2.05, 4.69) is 25.8 Å². The number of alkyl carbamates (subject to hydrolysis) is 1. The summed E-state index contributed by atoms with van der Waals surface area (Å²) in [6.45, 7) is 8.71. The summed E-state index contributed by atoms with van der Waals surface area (Å²) in [6.07, 6.45) is 0.737. The number of aromatic nitrogens is 5. The number of esters is 1. The number of cyclic esters (lactones) is 1. The first kappa shape index (κ1) is 34.7. The molecule has 17 nitrogen and oxygen atoms in total. The second kappa shape index (κ2) is 14.2. The number of nitrogens with one attached hydrogen (secondary N) is 1. The van der Waals surface area contributed by atoms with Crippen molar-refractivity contribution < 1.29 is 42.9 Å². The molecule has 5 rings (SSSR count). The first-order valence-corrected chi connectivity index (χ1v) is 15.7. The third-order valence-electron chi connectivity index (χ3n) is 8.13. The molecular weight excluding hydrogens is 640 g/mol. The van der Waals surface area contributed by atoms with Gasteiger partial charge in [0.15, 0.2) is 5.82 Å². The number of fused-ring (bicyclic) bond motifs is 3. The quantitative estimate of drug-likeness (QED) is 0.186. The maximum Gasteiger partial charge on any atom is 0.419 e. The van der Waals surface area contributed by atoms with E-state index in [-0.39, 0.29) is 12.5 Å². The van der Waals surface area contributed by atoms with Crippen LogP contribution in [0.5, 0.6) is 0 Å². The van der Waals surface area contributed by atoms with E-state index in [9.17, 15) is 24.0 Å². The summed E-state index contributed by atoms with van der Waals surface area (Å²) < 4.78 is 22.5. The number of carbonyl (C=O) groups is 5. The summed E-state index contributed by atoms with van der Waals surface area (Å²) in [5.74, 6) is -1.27. The van der Waals surface area contributed by atoms with E-state index in [0.29, 0.717) is 24.3 Å². The summed E-state index contributed by atoms with van der Waals surface area (Å²) in [4.78, 5) is 70.3. The number of imide groups is 1. The molecule has 4 heterocycles. The van der Waals surface area contributed by atoms with Gasteiger partial charge in [-0.05, 0) is 78.9 Å². The molecule has 0 spiro atoms. The summed E-state index contributed by atoms with van der Waals surface area (Å²) in [5, 5.41) is 13.6. The molecule has 4 atom stereocenters. The third-order valence-corrected chi connectivity index (χ3v) is 8.13. The Hall–Kier alpha value is -5.61. The number of tetrazole rings is 1. The Bertz CT molecular complexity index is 1710. The molecule has 49 heavy (non-hydrogen) atoms. The summed E-state index contributed by atoms with van der Waals surface area (Å²) in [6, 6.07) is 7.76. The van der Waals surface area contributed by atoms with Gasteiger partial charge in [0.05, 0.1) is 18.3 Å². The number of pyridine rings is 1. The van der Waals surface area contributed by atoms with Gasteiger partial charge in [0.25, 0.3) is 0 Å². The Morgan fingerprint density at radius 2 is 1.88 bits per heavy atom. The highest BCUT2D eigenvalue weighted by Gasteiger charge is 2.49. The van der Waals surface area contributed by atoms with Crippen molar-refractivity contribution in [2.24, 2.45) is 5.92 Å². The second-order valence-electron chi connectivity index (χ2n) is 12.7. The van der Waals surface area contributed by atoms with Gasteiger partial charge >= 0.3 is 24.2 Å². The third kappa shape index (κ3) is 7.93. The normalized spacial score (nSPS) is 17.7. The van der Waals surface area contributed by atoms with Crippen LogP contribution in [0.1, 0.15) is 53.5 Å². The van der Waals surface area contributed by atoms with Gasteiger partial charge in [0, 0.05) is 18.7 Å². The van der Waals surface area contributed by atoms with Crippen LogP contribution in [0.2, 0.25) is 0 Å². The fourth-order valence-electron chi connectivity index (χ4n) is 5.49. The van der Waals surface area contributed by atoms with Crippen molar-refractivity contribution in [3.63, 3.8) is 0 Å². The van der Waals surface area contributed by atoms with Gasteiger partial charge in [-0.15, -0.1) is 5.10 Å². The van der Waals surface area contributed by atoms with E-state index < -0.39 is 60.7 Å². The molecule has 1 fully saturated rings. The summed E-state index contributed by atoms with van der Waals surface area (Å²) in [7, 11) is 0. The maximum atomic E-state index is 13.0. The fraction of sp³-hybridized carbons (Fsp3) is 0.469. The largest absolute Gasteiger partial charge is 0.444 e. The van der Waals surface area contributed by atoms with E-state index >= 15 is 0 Å². The highest BCUT2D eigenvalue weighted by Crippen LogP contribution is 2.40. The maximum absolute atomic E-state index is 13.0. The highest BCUT2D eigenvalue weighted by atomic mass is 16.7. The standard InChI is InChI=1S/C32H38N8O9/c1-7-18(2)27(35-29(43)49-32(4,5)6)28(42)46-17-47-30(44)38(19(3)41)15-25-24-13-22-12-20(8-10-23(22)40(24)31(45)48-25)21-9-11-26(33-14-21)39-16-34-36-37-39/h8-12,14,16,18,24-25,27H,7,13,15,17H2,1-6H3,(H,35,43)/t18?,24-,25-,27+/m0/s1. The summed E-state index contributed by atoms with van der Waals surface area (Å²) >= 11 is 0. The number of benzene rings is 1. The monoisotopic (exact) mass is 678 g/mol. The Labute approximate surface area is 281 Å². The highest BCUT2D eigenvalue weighted by molar-refractivity contribution is 5.95. The molecule has 0 bridgehead atoms. The van der Waals surface area contributed by atoms with Crippen molar-refractivity contribution >= 4 is 35.8 Å². The molecule has 4 amide bonds. The molecule has 0 radical (unpaired) electrons. The Kier molecular flexibility index (Phi) is 10.1. The number of carbonyl (C=O) groups excluding carboxylic acids is 5. The van der Waals surface area contributed by atoms with Crippen molar-refractivity contribution in [1.29, 1.82) is 0 Å². The van der Waals surface area contributed by atoms with Crippen LogP contribution in [-0.2, 0) is 35.0 Å². The SMILES string of the molecule is CCC(C)[C@@H](NC(=O)OC(C)(C)C)C(=O)OCOC(=O)N(C[C@@H]1OC(=O)N2c3ccc(-c4ccc(-n5cnnn5)nc4)cc3C[C@@H]12)C(C)=O. The van der Waals surface area contributed by atoms with Gasteiger partial charge in [-0.3, -0.25) is 9.69 Å². The van der Waals surface area contributed by atoms with Crippen LogP contribution in [0.25, 0.3) is 16.9 Å². The minimum atomic E-state index is -1.09. The van der Waals surface area contributed by atoms with E-state index in [0.717, 1.165) is 21.6 Å². The van der Waals surface area contributed by atoms with Gasteiger partial charge in [0.1, 0.15) is 24.1 Å². The predicted octanol–water partition coefficient (Wildman–Crippen LogP) is 3.40. The van der Waals surface area contributed by atoms with Crippen molar-refractivity contribution in [1.82, 2.24) is 35.4 Å². The minimum Gasteiger partial charge on any atom is -0.444 e. The molecule has 1 saturated heterocycles.